The van der Waals surface area contributed by atoms with Crippen molar-refractivity contribution in [2.75, 3.05) is 6.54 Å². The summed E-state index contributed by atoms with van der Waals surface area (Å²) in [4.78, 5) is 24.7. The first-order chi connectivity index (χ1) is 9.02. The molecule has 0 radical (unpaired) electrons. The highest BCUT2D eigenvalue weighted by atomic mass is 19.1. The lowest BCUT2D eigenvalue weighted by Gasteiger charge is -2.10. The van der Waals surface area contributed by atoms with Gasteiger partial charge in [0.05, 0.1) is 0 Å². The van der Waals surface area contributed by atoms with E-state index >= 15 is 0 Å². The van der Waals surface area contributed by atoms with Gasteiger partial charge in [-0.2, -0.15) is 0 Å². The fraction of sp³-hybridized carbons (Fsp3) is 0.286. The molecule has 0 atom stereocenters. The Labute approximate surface area is 110 Å². The van der Waals surface area contributed by atoms with E-state index in [0.29, 0.717) is 18.7 Å². The van der Waals surface area contributed by atoms with E-state index in [1.54, 1.807) is 17.0 Å². The van der Waals surface area contributed by atoms with Crippen LogP contribution in [0.5, 0.6) is 0 Å². The zero-order chi connectivity index (χ0) is 14.0. The molecule has 1 N–H and O–H groups in total. The summed E-state index contributed by atoms with van der Waals surface area (Å²) in [7, 11) is 0. The SMILES string of the molecule is C=C(F)C(=O)NCc1ccc2c(c1)CN(CC)C2=O. The Bertz CT molecular complexity index is 554. The Hall–Kier alpha value is -2.17. The zero-order valence-corrected chi connectivity index (χ0v) is 10.7. The Morgan fingerprint density at radius 2 is 2.26 bits per heavy atom. The van der Waals surface area contributed by atoms with Gasteiger partial charge < -0.3 is 10.2 Å². The van der Waals surface area contributed by atoms with Crippen molar-refractivity contribution in [3.8, 4) is 0 Å². The number of nitrogens with zero attached hydrogens (tertiary/aromatic N) is 1. The van der Waals surface area contributed by atoms with E-state index in [-0.39, 0.29) is 12.5 Å². The van der Waals surface area contributed by atoms with Crippen LogP contribution in [0.2, 0.25) is 0 Å². The van der Waals surface area contributed by atoms with E-state index < -0.39 is 11.7 Å². The van der Waals surface area contributed by atoms with Crippen LogP contribution in [0.15, 0.2) is 30.6 Å². The summed E-state index contributed by atoms with van der Waals surface area (Å²) in [6.07, 6.45) is 0. The molecule has 1 aliphatic heterocycles. The molecule has 2 rings (SSSR count). The van der Waals surface area contributed by atoms with Gasteiger partial charge in [-0.15, -0.1) is 0 Å². The maximum atomic E-state index is 12.5. The van der Waals surface area contributed by atoms with Crippen molar-refractivity contribution in [2.45, 2.75) is 20.0 Å². The molecule has 0 unspecified atom stereocenters. The molecule has 0 bridgehead atoms. The fourth-order valence-electron chi connectivity index (χ4n) is 2.08. The number of carbonyl (C=O) groups excluding carboxylic acids is 2. The van der Waals surface area contributed by atoms with Crippen molar-refractivity contribution in [2.24, 2.45) is 0 Å². The van der Waals surface area contributed by atoms with Crippen molar-refractivity contribution >= 4 is 11.8 Å². The first kappa shape index (κ1) is 13.3. The minimum Gasteiger partial charge on any atom is -0.346 e. The molecule has 1 heterocycles. The molecular formula is C14H15FN2O2. The second kappa shape index (κ2) is 5.22. The number of carbonyl (C=O) groups is 2. The fourth-order valence-corrected chi connectivity index (χ4v) is 2.08. The van der Waals surface area contributed by atoms with Crippen LogP contribution in [0.4, 0.5) is 4.39 Å². The molecule has 5 heteroatoms. The summed E-state index contributed by atoms with van der Waals surface area (Å²) in [5.74, 6) is -1.79. The van der Waals surface area contributed by atoms with Crippen LogP contribution in [0.25, 0.3) is 0 Å². The third kappa shape index (κ3) is 2.65. The second-order valence-electron chi connectivity index (χ2n) is 4.40. The first-order valence-electron chi connectivity index (χ1n) is 6.06. The van der Waals surface area contributed by atoms with Crippen molar-refractivity contribution < 1.29 is 14.0 Å². The third-order valence-electron chi connectivity index (χ3n) is 3.13. The molecule has 1 aromatic carbocycles. The zero-order valence-electron chi connectivity index (χ0n) is 10.7. The molecule has 0 aliphatic carbocycles. The molecule has 0 aromatic heterocycles. The van der Waals surface area contributed by atoms with Crippen molar-refractivity contribution in [3.63, 3.8) is 0 Å². The molecule has 2 amide bonds. The Morgan fingerprint density at radius 1 is 1.53 bits per heavy atom. The van der Waals surface area contributed by atoms with Gasteiger partial charge in [-0.1, -0.05) is 18.7 Å². The average Bonchev–Trinajstić information content (AvgIpc) is 2.72. The van der Waals surface area contributed by atoms with Gasteiger partial charge >= 0.3 is 0 Å². The maximum Gasteiger partial charge on any atom is 0.279 e. The minimum absolute atomic E-state index is 0.0326. The van der Waals surface area contributed by atoms with Gasteiger partial charge in [-0.05, 0) is 24.1 Å². The van der Waals surface area contributed by atoms with E-state index in [9.17, 15) is 14.0 Å². The van der Waals surface area contributed by atoms with Crippen molar-refractivity contribution in [1.82, 2.24) is 10.2 Å². The summed E-state index contributed by atoms with van der Waals surface area (Å²) >= 11 is 0. The number of rotatable bonds is 4. The van der Waals surface area contributed by atoms with E-state index in [1.807, 2.05) is 13.0 Å². The monoisotopic (exact) mass is 262 g/mol. The molecule has 0 fully saturated rings. The predicted molar refractivity (Wildman–Crippen MR) is 69.0 cm³/mol. The standard InChI is InChI=1S/C14H15FN2O2/c1-3-17-8-11-6-10(4-5-12(11)14(17)19)7-16-13(18)9(2)15/h4-6H,2-3,7-8H2,1H3,(H,16,18). The molecule has 4 nitrogen and oxygen atoms in total. The molecular weight excluding hydrogens is 247 g/mol. The maximum absolute atomic E-state index is 12.5. The van der Waals surface area contributed by atoms with Gasteiger partial charge in [0, 0.05) is 25.2 Å². The smallest absolute Gasteiger partial charge is 0.279 e. The second-order valence-corrected chi connectivity index (χ2v) is 4.40. The molecule has 1 aliphatic rings. The van der Waals surface area contributed by atoms with E-state index in [4.69, 9.17) is 0 Å². The molecule has 1 aromatic rings. The lowest BCUT2D eigenvalue weighted by molar-refractivity contribution is -0.119. The molecule has 0 spiro atoms. The summed E-state index contributed by atoms with van der Waals surface area (Å²) in [6, 6.07) is 5.38. The van der Waals surface area contributed by atoms with Crippen molar-refractivity contribution in [3.05, 3.63) is 47.3 Å². The largest absolute Gasteiger partial charge is 0.346 e. The highest BCUT2D eigenvalue weighted by molar-refractivity contribution is 5.98. The third-order valence-corrected chi connectivity index (χ3v) is 3.13. The first-order valence-corrected chi connectivity index (χ1v) is 6.06. The van der Waals surface area contributed by atoms with Crippen molar-refractivity contribution in [1.29, 1.82) is 0 Å². The number of amides is 2. The topological polar surface area (TPSA) is 49.4 Å². The summed E-state index contributed by atoms with van der Waals surface area (Å²) in [5.41, 5.74) is 2.48. The Balaban J connectivity index is 2.09. The summed E-state index contributed by atoms with van der Waals surface area (Å²) < 4.78 is 12.5. The predicted octanol–water partition coefficient (Wildman–Crippen LogP) is 1.76. The number of hydrogen-bond acceptors (Lipinski definition) is 2. The van der Waals surface area contributed by atoms with E-state index in [2.05, 4.69) is 11.9 Å². The van der Waals surface area contributed by atoms with E-state index in [0.717, 1.165) is 11.1 Å². The van der Waals surface area contributed by atoms with Crippen LogP contribution >= 0.6 is 0 Å². The quantitative estimate of drug-likeness (QED) is 0.841. The van der Waals surface area contributed by atoms with E-state index in [1.165, 1.54) is 0 Å². The molecule has 0 saturated heterocycles. The average molecular weight is 262 g/mol. The summed E-state index contributed by atoms with van der Waals surface area (Å²) in [5, 5.41) is 2.41. The number of benzene rings is 1. The lowest BCUT2D eigenvalue weighted by atomic mass is 10.1. The number of halogens is 1. The number of hydrogen-bond donors (Lipinski definition) is 1. The lowest BCUT2D eigenvalue weighted by Crippen LogP contribution is -2.22. The number of fused-ring (bicyclic) bond motifs is 1. The van der Waals surface area contributed by atoms with Crippen LogP contribution in [0.3, 0.4) is 0 Å². The van der Waals surface area contributed by atoms with Gasteiger partial charge in [0.2, 0.25) is 0 Å². The molecule has 19 heavy (non-hydrogen) atoms. The molecule has 100 valence electrons. The Morgan fingerprint density at radius 3 is 2.89 bits per heavy atom. The van der Waals surface area contributed by atoms with Gasteiger partial charge in [-0.3, -0.25) is 9.59 Å². The van der Waals surface area contributed by atoms with Crippen LogP contribution in [-0.4, -0.2) is 23.3 Å². The van der Waals surface area contributed by atoms with Gasteiger partial charge in [0.15, 0.2) is 5.83 Å². The normalized spacial score (nSPS) is 13.4. The molecule has 0 saturated carbocycles. The van der Waals surface area contributed by atoms with Crippen LogP contribution in [-0.2, 0) is 17.9 Å². The highest BCUT2D eigenvalue weighted by Crippen LogP contribution is 2.23. The van der Waals surface area contributed by atoms with Crippen LogP contribution in [0, 0.1) is 0 Å². The highest BCUT2D eigenvalue weighted by Gasteiger charge is 2.25. The van der Waals surface area contributed by atoms with Crippen LogP contribution in [0.1, 0.15) is 28.4 Å². The van der Waals surface area contributed by atoms with Gasteiger partial charge in [-0.25, -0.2) is 4.39 Å². The van der Waals surface area contributed by atoms with Gasteiger partial charge in [0.1, 0.15) is 0 Å². The minimum atomic E-state index is -1.01. The Kier molecular flexibility index (Phi) is 3.64. The van der Waals surface area contributed by atoms with Crippen LogP contribution < -0.4 is 5.32 Å². The summed E-state index contributed by atoms with van der Waals surface area (Å²) in [6.45, 7) is 6.33. The number of nitrogens with one attached hydrogen (secondary N) is 1. The van der Waals surface area contributed by atoms with Gasteiger partial charge in [0.25, 0.3) is 11.8 Å².